The molecule has 4 rings (SSSR count). The standard InChI is InChI=1S/C23H22Cl2N4O/c1-27(18-7-3-2-4-8-18)21-10-6-5-9-19(21)23(30)29-13-11-28(12-14-29)22-20(25)15-17(24)16-26-22/h2-10,15-16H,11-14H2,1H3. The van der Waals surface area contributed by atoms with Crippen LogP contribution in [0.15, 0.2) is 66.9 Å². The van der Waals surface area contributed by atoms with Gasteiger partial charge in [-0.2, -0.15) is 0 Å². The number of rotatable bonds is 4. The molecule has 0 unspecified atom stereocenters. The first-order valence-electron chi connectivity index (χ1n) is 9.77. The summed E-state index contributed by atoms with van der Waals surface area (Å²) in [6, 6.07) is 19.5. The fourth-order valence-electron chi connectivity index (χ4n) is 3.67. The number of halogens is 2. The van der Waals surface area contributed by atoms with Crippen molar-refractivity contribution in [1.29, 1.82) is 0 Å². The maximum atomic E-state index is 13.3. The summed E-state index contributed by atoms with van der Waals surface area (Å²) in [7, 11) is 1.98. The Bertz CT molecular complexity index is 1040. The summed E-state index contributed by atoms with van der Waals surface area (Å²) < 4.78 is 0. The highest BCUT2D eigenvalue weighted by Crippen LogP contribution is 2.29. The van der Waals surface area contributed by atoms with Crippen molar-refractivity contribution in [3.8, 4) is 0 Å². The first kappa shape index (κ1) is 20.5. The highest BCUT2D eigenvalue weighted by Gasteiger charge is 2.26. The van der Waals surface area contributed by atoms with E-state index in [4.69, 9.17) is 23.2 Å². The first-order valence-corrected chi connectivity index (χ1v) is 10.5. The van der Waals surface area contributed by atoms with Crippen molar-refractivity contribution in [2.45, 2.75) is 0 Å². The lowest BCUT2D eigenvalue weighted by Crippen LogP contribution is -2.49. The largest absolute Gasteiger partial charge is 0.352 e. The Morgan fingerprint density at radius 3 is 2.33 bits per heavy atom. The summed E-state index contributed by atoms with van der Waals surface area (Å²) >= 11 is 12.2. The van der Waals surface area contributed by atoms with Crippen molar-refractivity contribution in [3.05, 3.63) is 82.5 Å². The van der Waals surface area contributed by atoms with E-state index in [1.54, 1.807) is 12.3 Å². The van der Waals surface area contributed by atoms with Crippen molar-refractivity contribution in [3.63, 3.8) is 0 Å². The van der Waals surface area contributed by atoms with Crippen LogP contribution in [0, 0.1) is 0 Å². The van der Waals surface area contributed by atoms with Crippen LogP contribution in [-0.2, 0) is 0 Å². The molecule has 3 aromatic rings. The molecule has 0 radical (unpaired) electrons. The highest BCUT2D eigenvalue weighted by molar-refractivity contribution is 6.36. The number of aromatic nitrogens is 1. The van der Waals surface area contributed by atoms with Gasteiger partial charge in [-0.25, -0.2) is 4.98 Å². The van der Waals surface area contributed by atoms with Gasteiger partial charge in [-0.3, -0.25) is 4.79 Å². The van der Waals surface area contributed by atoms with E-state index in [9.17, 15) is 4.79 Å². The third-order valence-corrected chi connectivity index (χ3v) is 5.78. The zero-order valence-electron chi connectivity index (χ0n) is 16.6. The number of carbonyl (C=O) groups is 1. The third-order valence-electron chi connectivity index (χ3n) is 5.29. The minimum Gasteiger partial charge on any atom is -0.352 e. The summed E-state index contributed by atoms with van der Waals surface area (Å²) in [5.74, 6) is 0.737. The van der Waals surface area contributed by atoms with Gasteiger partial charge < -0.3 is 14.7 Å². The second-order valence-electron chi connectivity index (χ2n) is 7.15. The highest BCUT2D eigenvalue weighted by atomic mass is 35.5. The van der Waals surface area contributed by atoms with Crippen molar-refractivity contribution in [2.75, 3.05) is 43.0 Å². The average molecular weight is 441 g/mol. The molecule has 0 spiro atoms. The lowest BCUT2D eigenvalue weighted by molar-refractivity contribution is 0.0747. The van der Waals surface area contributed by atoms with Gasteiger partial charge in [0.15, 0.2) is 0 Å². The van der Waals surface area contributed by atoms with Gasteiger partial charge in [0.1, 0.15) is 5.82 Å². The number of pyridine rings is 1. The van der Waals surface area contributed by atoms with Gasteiger partial charge in [-0.1, -0.05) is 53.5 Å². The number of amides is 1. The van der Waals surface area contributed by atoms with E-state index in [-0.39, 0.29) is 5.91 Å². The summed E-state index contributed by atoms with van der Waals surface area (Å²) in [5.41, 5.74) is 2.62. The average Bonchev–Trinajstić information content (AvgIpc) is 2.79. The van der Waals surface area contributed by atoms with Gasteiger partial charge in [0, 0.05) is 45.1 Å². The van der Waals surface area contributed by atoms with Crippen molar-refractivity contribution in [2.24, 2.45) is 0 Å². The van der Waals surface area contributed by atoms with E-state index in [0.29, 0.717) is 47.6 Å². The zero-order valence-corrected chi connectivity index (χ0v) is 18.1. The van der Waals surface area contributed by atoms with Crippen LogP contribution < -0.4 is 9.80 Å². The van der Waals surface area contributed by atoms with E-state index in [2.05, 4.69) is 9.88 Å². The predicted octanol–water partition coefficient (Wildman–Crippen LogP) is 5.12. The number of para-hydroxylation sites is 2. The molecular weight excluding hydrogens is 419 g/mol. The number of anilines is 3. The summed E-state index contributed by atoms with van der Waals surface area (Å²) in [6.45, 7) is 2.53. The molecule has 1 aliphatic heterocycles. The molecule has 0 N–H and O–H groups in total. The number of benzene rings is 2. The lowest BCUT2D eigenvalue weighted by atomic mass is 10.1. The van der Waals surface area contributed by atoms with Crippen LogP contribution in [0.4, 0.5) is 17.2 Å². The maximum absolute atomic E-state index is 13.3. The monoisotopic (exact) mass is 440 g/mol. The molecular formula is C23H22Cl2N4O. The van der Waals surface area contributed by atoms with Gasteiger partial charge in [-0.15, -0.1) is 0 Å². The Kier molecular flexibility index (Phi) is 6.11. The first-order chi connectivity index (χ1) is 14.5. The molecule has 0 aliphatic carbocycles. The molecule has 154 valence electrons. The van der Waals surface area contributed by atoms with Crippen molar-refractivity contribution < 1.29 is 4.79 Å². The quantitative estimate of drug-likeness (QED) is 0.564. The maximum Gasteiger partial charge on any atom is 0.256 e. The number of carbonyl (C=O) groups excluding carboxylic acids is 1. The van der Waals surface area contributed by atoms with Crippen LogP contribution in [0.3, 0.4) is 0 Å². The molecule has 0 atom stereocenters. The fourth-order valence-corrected chi connectivity index (χ4v) is 4.17. The molecule has 5 nitrogen and oxygen atoms in total. The van der Waals surface area contributed by atoms with Crippen LogP contribution in [0.2, 0.25) is 10.0 Å². The molecule has 7 heteroatoms. The Balaban J connectivity index is 1.50. The SMILES string of the molecule is CN(c1ccccc1)c1ccccc1C(=O)N1CCN(c2ncc(Cl)cc2Cl)CC1. The van der Waals surface area contributed by atoms with Crippen LogP contribution in [0.5, 0.6) is 0 Å². The van der Waals surface area contributed by atoms with Gasteiger partial charge in [0.2, 0.25) is 0 Å². The van der Waals surface area contributed by atoms with Gasteiger partial charge in [-0.05, 0) is 30.3 Å². The molecule has 30 heavy (non-hydrogen) atoms. The van der Waals surface area contributed by atoms with E-state index < -0.39 is 0 Å². The van der Waals surface area contributed by atoms with Crippen LogP contribution in [-0.4, -0.2) is 49.0 Å². The van der Waals surface area contributed by atoms with Gasteiger partial charge in [0.25, 0.3) is 5.91 Å². The number of piperazine rings is 1. The zero-order chi connectivity index (χ0) is 21.1. The Hall–Kier alpha value is -2.76. The smallest absolute Gasteiger partial charge is 0.256 e. The number of hydrogen-bond donors (Lipinski definition) is 0. The second-order valence-corrected chi connectivity index (χ2v) is 7.99. The molecule has 2 aromatic carbocycles. The molecule has 1 amide bonds. The van der Waals surface area contributed by atoms with E-state index in [1.165, 1.54) is 0 Å². The van der Waals surface area contributed by atoms with Crippen molar-refractivity contribution >= 4 is 46.3 Å². The molecule has 0 bridgehead atoms. The van der Waals surface area contributed by atoms with E-state index in [1.807, 2.05) is 71.4 Å². The van der Waals surface area contributed by atoms with E-state index >= 15 is 0 Å². The van der Waals surface area contributed by atoms with Crippen molar-refractivity contribution in [1.82, 2.24) is 9.88 Å². The summed E-state index contributed by atoms with van der Waals surface area (Å²) in [6.07, 6.45) is 1.59. The molecule has 2 heterocycles. The van der Waals surface area contributed by atoms with Crippen LogP contribution >= 0.6 is 23.2 Å². The lowest BCUT2D eigenvalue weighted by Gasteiger charge is -2.36. The van der Waals surface area contributed by atoms with Gasteiger partial charge >= 0.3 is 0 Å². The third kappa shape index (κ3) is 4.23. The summed E-state index contributed by atoms with van der Waals surface area (Å²) in [4.78, 5) is 23.7. The second kappa shape index (κ2) is 8.94. The summed E-state index contributed by atoms with van der Waals surface area (Å²) in [5, 5.41) is 1.04. The molecule has 1 fully saturated rings. The molecule has 0 saturated carbocycles. The van der Waals surface area contributed by atoms with E-state index in [0.717, 1.165) is 11.4 Å². The topological polar surface area (TPSA) is 39.7 Å². The Morgan fingerprint density at radius 2 is 1.63 bits per heavy atom. The van der Waals surface area contributed by atoms with Gasteiger partial charge in [0.05, 0.1) is 21.3 Å². The minimum atomic E-state index is 0.0307. The fraction of sp³-hybridized carbons (Fsp3) is 0.217. The Morgan fingerprint density at radius 1 is 0.967 bits per heavy atom. The van der Waals surface area contributed by atoms with Crippen LogP contribution in [0.1, 0.15) is 10.4 Å². The molecule has 1 aromatic heterocycles. The number of hydrogen-bond acceptors (Lipinski definition) is 4. The minimum absolute atomic E-state index is 0.0307. The molecule has 1 aliphatic rings. The molecule has 1 saturated heterocycles. The van der Waals surface area contributed by atoms with Crippen LogP contribution in [0.25, 0.3) is 0 Å². The Labute approximate surface area is 186 Å². The predicted molar refractivity (Wildman–Crippen MR) is 123 cm³/mol. The normalized spacial score (nSPS) is 14.0. The number of nitrogens with zero attached hydrogens (tertiary/aromatic N) is 4.